The minimum absolute atomic E-state index is 0.0639. The van der Waals surface area contributed by atoms with Crippen LogP contribution in [0.25, 0.3) is 5.57 Å². The molecule has 0 saturated heterocycles. The van der Waals surface area contributed by atoms with Gasteiger partial charge in [0, 0.05) is 0 Å². The van der Waals surface area contributed by atoms with Gasteiger partial charge in [0.25, 0.3) is 0 Å². The molecule has 1 rings (SSSR count). The van der Waals surface area contributed by atoms with Crippen LogP contribution in [-0.2, 0) is 0 Å². The second-order valence-electron chi connectivity index (χ2n) is 2.66. The van der Waals surface area contributed by atoms with E-state index in [4.69, 9.17) is 5.11 Å². The van der Waals surface area contributed by atoms with Crippen LogP contribution in [-0.4, -0.2) is 17.9 Å². The second kappa shape index (κ2) is 4.28. The Labute approximate surface area is 79.5 Å². The zero-order valence-electron chi connectivity index (χ0n) is 7.25. The van der Waals surface area contributed by atoms with Gasteiger partial charge in [-0.3, -0.25) is 0 Å². The molecule has 0 bridgehead atoms. The number of benzene rings is 1. The largest absolute Gasteiger partial charge is 0.416 e. The summed E-state index contributed by atoms with van der Waals surface area (Å²) < 4.78 is 37.2. The molecule has 0 fully saturated rings. The highest BCUT2D eigenvalue weighted by Crippen LogP contribution is 2.33. The molecule has 0 aliphatic heterocycles. The van der Waals surface area contributed by atoms with Gasteiger partial charge in [0.2, 0.25) is 0 Å². The number of halogens is 3. The summed E-state index contributed by atoms with van der Waals surface area (Å²) in [7, 11) is 0. The van der Waals surface area contributed by atoms with Crippen LogP contribution in [0, 0.1) is 0 Å². The van der Waals surface area contributed by atoms with E-state index in [0.717, 1.165) is 6.08 Å². The first-order valence-corrected chi connectivity index (χ1v) is 3.99. The molecule has 1 aromatic carbocycles. The molecule has 0 aromatic heterocycles. The zero-order valence-corrected chi connectivity index (χ0v) is 7.25. The first-order chi connectivity index (χ1) is 6.55. The van der Waals surface area contributed by atoms with E-state index >= 15 is 0 Å². The van der Waals surface area contributed by atoms with Crippen molar-refractivity contribution in [2.75, 3.05) is 6.61 Å². The van der Waals surface area contributed by atoms with E-state index in [2.05, 4.69) is 0 Å². The fourth-order valence-corrected chi connectivity index (χ4v) is 1.11. The summed E-state index contributed by atoms with van der Waals surface area (Å²) in [6.45, 7) is -0.621. The van der Waals surface area contributed by atoms with E-state index in [1.165, 1.54) is 24.3 Å². The molecule has 0 aliphatic carbocycles. The van der Waals surface area contributed by atoms with Crippen molar-refractivity contribution in [3.63, 3.8) is 0 Å². The fourth-order valence-electron chi connectivity index (χ4n) is 1.11. The SMILES string of the molecule is OCC=C(c1ccccc1)C(F)(F)F. The summed E-state index contributed by atoms with van der Waals surface area (Å²) in [6.07, 6.45) is -3.67. The van der Waals surface area contributed by atoms with Gasteiger partial charge >= 0.3 is 6.18 Å². The molecule has 0 amide bonds. The van der Waals surface area contributed by atoms with E-state index in [1.54, 1.807) is 6.07 Å². The van der Waals surface area contributed by atoms with Crippen LogP contribution < -0.4 is 0 Å². The normalized spacial score (nSPS) is 13.0. The average Bonchev–Trinajstić information content (AvgIpc) is 2.14. The maximum atomic E-state index is 12.4. The lowest BCUT2D eigenvalue weighted by Gasteiger charge is -2.11. The smallest absolute Gasteiger partial charge is 0.392 e. The quantitative estimate of drug-likeness (QED) is 0.781. The van der Waals surface area contributed by atoms with Gasteiger partial charge in [-0.2, -0.15) is 13.2 Å². The molecule has 0 aliphatic rings. The molecule has 76 valence electrons. The van der Waals surface area contributed by atoms with E-state index in [1.807, 2.05) is 0 Å². The standard InChI is InChI=1S/C10H9F3O/c11-10(12,13)9(6-7-14)8-4-2-1-3-5-8/h1-6,14H,7H2. The van der Waals surface area contributed by atoms with Crippen molar-refractivity contribution < 1.29 is 18.3 Å². The summed E-state index contributed by atoms with van der Waals surface area (Å²) in [6, 6.07) is 7.39. The number of hydrogen-bond donors (Lipinski definition) is 1. The van der Waals surface area contributed by atoms with Crippen molar-refractivity contribution >= 4 is 5.57 Å². The van der Waals surface area contributed by atoms with Crippen molar-refractivity contribution in [3.8, 4) is 0 Å². The van der Waals surface area contributed by atoms with Gasteiger partial charge in [-0.1, -0.05) is 30.3 Å². The predicted octanol–water partition coefficient (Wildman–Crippen LogP) is 2.62. The highest BCUT2D eigenvalue weighted by molar-refractivity contribution is 5.69. The Bertz CT molecular complexity index is 314. The molecule has 0 spiro atoms. The lowest BCUT2D eigenvalue weighted by atomic mass is 10.1. The third kappa shape index (κ3) is 2.60. The van der Waals surface area contributed by atoms with E-state index in [9.17, 15) is 13.2 Å². The molecule has 0 radical (unpaired) electrons. The zero-order chi connectivity index (χ0) is 10.6. The third-order valence-corrected chi connectivity index (χ3v) is 1.69. The first kappa shape index (κ1) is 10.8. The van der Waals surface area contributed by atoms with Gasteiger partial charge in [0.1, 0.15) is 0 Å². The molecule has 0 heterocycles. The van der Waals surface area contributed by atoms with Crippen LogP contribution in [0.2, 0.25) is 0 Å². The molecule has 4 heteroatoms. The van der Waals surface area contributed by atoms with Gasteiger partial charge in [0.05, 0.1) is 12.2 Å². The molecule has 0 atom stereocenters. The highest BCUT2D eigenvalue weighted by Gasteiger charge is 2.33. The molecular formula is C10H9F3O. The number of aliphatic hydroxyl groups excluding tert-OH is 1. The number of rotatable bonds is 2. The average molecular weight is 202 g/mol. The van der Waals surface area contributed by atoms with Crippen molar-refractivity contribution in [1.82, 2.24) is 0 Å². The van der Waals surface area contributed by atoms with Gasteiger partial charge in [-0.15, -0.1) is 0 Å². The minimum atomic E-state index is -4.43. The monoisotopic (exact) mass is 202 g/mol. The van der Waals surface area contributed by atoms with Crippen LogP contribution >= 0.6 is 0 Å². The Kier molecular flexibility index (Phi) is 3.30. The highest BCUT2D eigenvalue weighted by atomic mass is 19.4. The molecule has 0 saturated carbocycles. The summed E-state index contributed by atoms with van der Waals surface area (Å²) in [5, 5.41) is 8.48. The van der Waals surface area contributed by atoms with Crippen LogP contribution in [0.1, 0.15) is 5.56 Å². The summed E-state index contributed by atoms with van der Waals surface area (Å²) in [5.41, 5.74) is -0.741. The van der Waals surface area contributed by atoms with Crippen molar-refractivity contribution in [1.29, 1.82) is 0 Å². The van der Waals surface area contributed by atoms with E-state index in [0.29, 0.717) is 0 Å². The summed E-state index contributed by atoms with van der Waals surface area (Å²) in [5.74, 6) is 0. The van der Waals surface area contributed by atoms with Gasteiger partial charge in [-0.25, -0.2) is 0 Å². The van der Waals surface area contributed by atoms with Gasteiger partial charge < -0.3 is 5.11 Å². The Morgan fingerprint density at radius 3 is 2.21 bits per heavy atom. The Morgan fingerprint density at radius 2 is 1.79 bits per heavy atom. The third-order valence-electron chi connectivity index (χ3n) is 1.69. The van der Waals surface area contributed by atoms with Gasteiger partial charge in [0.15, 0.2) is 0 Å². The van der Waals surface area contributed by atoms with Crippen LogP contribution in [0.3, 0.4) is 0 Å². The summed E-state index contributed by atoms with van der Waals surface area (Å²) in [4.78, 5) is 0. The molecule has 1 aromatic rings. The maximum absolute atomic E-state index is 12.4. The molecule has 14 heavy (non-hydrogen) atoms. The predicted molar refractivity (Wildman–Crippen MR) is 47.6 cm³/mol. The van der Waals surface area contributed by atoms with Crippen LogP contribution in [0.5, 0.6) is 0 Å². The van der Waals surface area contributed by atoms with Crippen LogP contribution in [0.4, 0.5) is 13.2 Å². The van der Waals surface area contributed by atoms with Crippen molar-refractivity contribution in [2.24, 2.45) is 0 Å². The lowest BCUT2D eigenvalue weighted by molar-refractivity contribution is -0.0692. The number of alkyl halides is 3. The number of aliphatic hydroxyl groups is 1. The fraction of sp³-hybridized carbons (Fsp3) is 0.200. The van der Waals surface area contributed by atoms with E-state index < -0.39 is 18.4 Å². The first-order valence-electron chi connectivity index (χ1n) is 3.99. The molecule has 1 N–H and O–H groups in total. The Morgan fingerprint density at radius 1 is 1.21 bits per heavy atom. The van der Waals surface area contributed by atoms with Crippen molar-refractivity contribution in [3.05, 3.63) is 42.0 Å². The van der Waals surface area contributed by atoms with Gasteiger partial charge in [-0.05, 0) is 11.6 Å². The maximum Gasteiger partial charge on any atom is 0.416 e. The number of allylic oxidation sites excluding steroid dienone is 1. The Balaban J connectivity index is 3.09. The molecule has 0 unspecified atom stereocenters. The second-order valence-corrected chi connectivity index (χ2v) is 2.66. The van der Waals surface area contributed by atoms with E-state index in [-0.39, 0.29) is 5.56 Å². The lowest BCUT2D eigenvalue weighted by Crippen LogP contribution is -2.11. The Hall–Kier alpha value is -1.29. The number of hydrogen-bond acceptors (Lipinski definition) is 1. The summed E-state index contributed by atoms with van der Waals surface area (Å²) >= 11 is 0. The minimum Gasteiger partial charge on any atom is -0.392 e. The topological polar surface area (TPSA) is 20.2 Å². The molecule has 1 nitrogen and oxygen atoms in total. The van der Waals surface area contributed by atoms with Crippen LogP contribution in [0.15, 0.2) is 36.4 Å². The van der Waals surface area contributed by atoms with Crippen molar-refractivity contribution in [2.45, 2.75) is 6.18 Å². The molecular weight excluding hydrogens is 193 g/mol.